The molecule has 0 aliphatic rings. The summed E-state index contributed by atoms with van der Waals surface area (Å²) in [6.07, 6.45) is 0. The molecule has 7 heteroatoms. The van der Waals surface area contributed by atoms with Gasteiger partial charge in [-0.15, -0.1) is 0 Å². The van der Waals surface area contributed by atoms with Crippen LogP contribution in [0.4, 0.5) is 10.1 Å². The Kier molecular flexibility index (Phi) is 4.49. The molecule has 1 aromatic carbocycles. The third kappa shape index (κ3) is 3.76. The summed E-state index contributed by atoms with van der Waals surface area (Å²) in [5, 5.41) is 9.39. The Morgan fingerprint density at radius 2 is 1.86 bits per heavy atom. The smallest absolute Gasteiger partial charge is 0.323 e. The van der Waals surface area contributed by atoms with Gasteiger partial charge in [-0.05, 0) is 36.4 Å². The number of hydrogen-bond donors (Lipinski definition) is 1. The number of halogens is 2. The van der Waals surface area contributed by atoms with Gasteiger partial charge < -0.3 is 5.11 Å². The summed E-state index contributed by atoms with van der Waals surface area (Å²) in [7, 11) is 0. The predicted molar refractivity (Wildman–Crippen MR) is 75.0 cm³/mol. The van der Waals surface area contributed by atoms with Crippen molar-refractivity contribution in [2.75, 3.05) is 11.4 Å². The van der Waals surface area contributed by atoms with Gasteiger partial charge in [-0.25, -0.2) is 4.98 Å². The van der Waals surface area contributed by atoms with Gasteiger partial charge in [0, 0.05) is 10.7 Å². The summed E-state index contributed by atoms with van der Waals surface area (Å²) in [5.41, 5.74) is 0.157. The zero-order valence-corrected chi connectivity index (χ0v) is 11.4. The Hall–Kier alpha value is -2.47. The summed E-state index contributed by atoms with van der Waals surface area (Å²) in [4.78, 5) is 27.7. The molecule has 0 fully saturated rings. The average molecular weight is 309 g/mol. The molecule has 0 unspecified atom stereocenters. The molecule has 0 saturated carbocycles. The fourth-order valence-electron chi connectivity index (χ4n) is 1.70. The predicted octanol–water partition coefficient (Wildman–Crippen LogP) is 2.61. The average Bonchev–Trinajstić information content (AvgIpc) is 2.45. The van der Waals surface area contributed by atoms with Crippen molar-refractivity contribution in [2.45, 2.75) is 0 Å². The SMILES string of the molecule is O=C(O)CN(C(=O)c1cccc(F)n1)c1ccc(Cl)cc1. The number of hydrogen-bond acceptors (Lipinski definition) is 3. The van der Waals surface area contributed by atoms with E-state index in [1.807, 2.05) is 0 Å². The van der Waals surface area contributed by atoms with Crippen LogP contribution in [0.1, 0.15) is 10.5 Å². The summed E-state index contributed by atoms with van der Waals surface area (Å²) >= 11 is 5.76. The topological polar surface area (TPSA) is 70.5 Å². The van der Waals surface area contributed by atoms with Crippen molar-refractivity contribution in [2.24, 2.45) is 0 Å². The molecule has 0 radical (unpaired) electrons. The van der Waals surface area contributed by atoms with Crippen LogP contribution in [0.2, 0.25) is 5.02 Å². The molecule has 0 aliphatic heterocycles. The van der Waals surface area contributed by atoms with Crippen molar-refractivity contribution in [3.8, 4) is 0 Å². The van der Waals surface area contributed by atoms with E-state index in [4.69, 9.17) is 16.7 Å². The number of aromatic nitrogens is 1. The monoisotopic (exact) mass is 308 g/mol. The second-order valence-electron chi connectivity index (χ2n) is 4.11. The van der Waals surface area contributed by atoms with E-state index in [2.05, 4.69) is 4.98 Å². The minimum Gasteiger partial charge on any atom is -0.480 e. The molecule has 1 amide bonds. The number of anilines is 1. The van der Waals surface area contributed by atoms with Gasteiger partial charge in [0.05, 0.1) is 0 Å². The van der Waals surface area contributed by atoms with Crippen molar-refractivity contribution in [3.05, 3.63) is 59.1 Å². The second kappa shape index (κ2) is 6.32. The number of aliphatic carboxylic acids is 1. The highest BCUT2D eigenvalue weighted by Crippen LogP contribution is 2.19. The van der Waals surface area contributed by atoms with Crippen LogP contribution in [0.3, 0.4) is 0 Å². The number of nitrogens with zero attached hydrogens (tertiary/aromatic N) is 2. The summed E-state index contributed by atoms with van der Waals surface area (Å²) in [5.74, 6) is -2.72. The van der Waals surface area contributed by atoms with E-state index in [1.165, 1.54) is 36.4 Å². The number of carbonyl (C=O) groups excluding carboxylic acids is 1. The molecule has 0 spiro atoms. The van der Waals surface area contributed by atoms with Crippen LogP contribution in [0.25, 0.3) is 0 Å². The Balaban J connectivity index is 2.38. The van der Waals surface area contributed by atoms with Gasteiger partial charge in [-0.1, -0.05) is 17.7 Å². The molecule has 5 nitrogen and oxygen atoms in total. The second-order valence-corrected chi connectivity index (χ2v) is 4.54. The third-order valence-electron chi connectivity index (χ3n) is 2.61. The van der Waals surface area contributed by atoms with E-state index in [1.54, 1.807) is 0 Å². The van der Waals surface area contributed by atoms with E-state index in [0.717, 1.165) is 11.0 Å². The standard InChI is InChI=1S/C14H10ClFN2O3/c15-9-4-6-10(7-5-9)18(8-13(19)20)14(21)11-2-1-3-12(16)17-11/h1-7H,8H2,(H,19,20). The number of carbonyl (C=O) groups is 2. The molecule has 1 aromatic heterocycles. The van der Waals surface area contributed by atoms with Gasteiger partial charge in [0.15, 0.2) is 0 Å². The van der Waals surface area contributed by atoms with Gasteiger partial charge in [-0.2, -0.15) is 4.39 Å². The highest BCUT2D eigenvalue weighted by molar-refractivity contribution is 6.30. The lowest BCUT2D eigenvalue weighted by Gasteiger charge is -2.20. The van der Waals surface area contributed by atoms with E-state index in [-0.39, 0.29) is 5.69 Å². The van der Waals surface area contributed by atoms with Crippen LogP contribution in [0.15, 0.2) is 42.5 Å². The number of carboxylic acid groups (broad SMARTS) is 1. The van der Waals surface area contributed by atoms with Crippen molar-refractivity contribution in [1.82, 2.24) is 4.98 Å². The van der Waals surface area contributed by atoms with Gasteiger partial charge in [0.25, 0.3) is 5.91 Å². The lowest BCUT2D eigenvalue weighted by molar-refractivity contribution is -0.135. The number of pyridine rings is 1. The fourth-order valence-corrected chi connectivity index (χ4v) is 1.83. The number of benzene rings is 1. The van der Waals surface area contributed by atoms with Crippen LogP contribution in [0, 0.1) is 5.95 Å². The highest BCUT2D eigenvalue weighted by atomic mass is 35.5. The summed E-state index contributed by atoms with van der Waals surface area (Å²) in [6.45, 7) is -0.571. The van der Waals surface area contributed by atoms with Crippen LogP contribution >= 0.6 is 11.6 Å². The zero-order valence-electron chi connectivity index (χ0n) is 10.7. The molecule has 2 aromatic rings. The maximum absolute atomic E-state index is 13.1. The Labute approximate surface area is 124 Å². The molecule has 1 heterocycles. The van der Waals surface area contributed by atoms with Crippen LogP contribution in [0.5, 0.6) is 0 Å². The molecule has 1 N–H and O–H groups in total. The lowest BCUT2D eigenvalue weighted by Crippen LogP contribution is -2.36. The van der Waals surface area contributed by atoms with Crippen LogP contribution < -0.4 is 4.90 Å². The fraction of sp³-hybridized carbons (Fsp3) is 0.0714. The number of amides is 1. The number of carboxylic acids is 1. The molecule has 0 saturated heterocycles. The molecule has 0 atom stereocenters. The van der Waals surface area contributed by atoms with Crippen molar-refractivity contribution < 1.29 is 19.1 Å². The van der Waals surface area contributed by atoms with Crippen molar-refractivity contribution >= 4 is 29.2 Å². The lowest BCUT2D eigenvalue weighted by atomic mass is 10.2. The maximum atomic E-state index is 13.1. The maximum Gasteiger partial charge on any atom is 0.323 e. The Morgan fingerprint density at radius 1 is 1.19 bits per heavy atom. The van der Waals surface area contributed by atoms with E-state index in [0.29, 0.717) is 10.7 Å². The third-order valence-corrected chi connectivity index (χ3v) is 2.86. The van der Waals surface area contributed by atoms with Gasteiger partial charge in [-0.3, -0.25) is 14.5 Å². The quantitative estimate of drug-likeness (QED) is 0.881. The Morgan fingerprint density at radius 3 is 2.43 bits per heavy atom. The molecule has 21 heavy (non-hydrogen) atoms. The molecular weight excluding hydrogens is 299 g/mol. The largest absolute Gasteiger partial charge is 0.480 e. The molecule has 0 aliphatic carbocycles. The van der Waals surface area contributed by atoms with Gasteiger partial charge in [0.1, 0.15) is 12.2 Å². The first-order chi connectivity index (χ1) is 9.97. The normalized spacial score (nSPS) is 10.2. The van der Waals surface area contributed by atoms with Crippen LogP contribution in [-0.4, -0.2) is 28.5 Å². The first-order valence-electron chi connectivity index (χ1n) is 5.89. The first kappa shape index (κ1) is 14.9. The highest BCUT2D eigenvalue weighted by Gasteiger charge is 2.21. The minimum absolute atomic E-state index is 0.175. The first-order valence-corrected chi connectivity index (χ1v) is 6.27. The molecule has 0 bridgehead atoms. The van der Waals surface area contributed by atoms with Gasteiger partial charge >= 0.3 is 5.97 Å². The number of rotatable bonds is 4. The zero-order chi connectivity index (χ0) is 15.4. The molecule has 2 rings (SSSR count). The summed E-state index contributed by atoms with van der Waals surface area (Å²) < 4.78 is 13.1. The van der Waals surface area contributed by atoms with E-state index < -0.39 is 24.4 Å². The van der Waals surface area contributed by atoms with Crippen LogP contribution in [-0.2, 0) is 4.79 Å². The van der Waals surface area contributed by atoms with Gasteiger partial charge in [0.2, 0.25) is 5.95 Å². The van der Waals surface area contributed by atoms with Crippen molar-refractivity contribution in [3.63, 3.8) is 0 Å². The Bertz CT molecular complexity index is 676. The van der Waals surface area contributed by atoms with E-state index >= 15 is 0 Å². The van der Waals surface area contributed by atoms with E-state index in [9.17, 15) is 14.0 Å². The molecule has 108 valence electrons. The van der Waals surface area contributed by atoms with Crippen molar-refractivity contribution in [1.29, 1.82) is 0 Å². The molecular formula is C14H10ClFN2O3. The summed E-state index contributed by atoms with van der Waals surface area (Å²) in [6, 6.07) is 9.80. The minimum atomic E-state index is -1.20.